The van der Waals surface area contributed by atoms with E-state index < -0.39 is 10.1 Å². The number of hydrogen-bond donors (Lipinski definition) is 0. The summed E-state index contributed by atoms with van der Waals surface area (Å²) in [6, 6.07) is 5.61. The number of benzene rings is 1. The fourth-order valence-electron chi connectivity index (χ4n) is 0.992. The van der Waals surface area contributed by atoms with Crippen LogP contribution in [0.25, 0.3) is 0 Å². The molecule has 0 atom stereocenters. The Morgan fingerprint density at radius 2 is 2.07 bits per heavy atom. The van der Waals surface area contributed by atoms with E-state index in [0.717, 1.165) is 21.9 Å². The lowest BCUT2D eigenvalue weighted by molar-refractivity contribution is 0.311. The molecule has 0 aliphatic rings. The van der Waals surface area contributed by atoms with Crippen molar-refractivity contribution in [2.75, 3.05) is 6.26 Å². The van der Waals surface area contributed by atoms with Crippen LogP contribution in [0.1, 0.15) is 11.1 Å². The number of rotatable bonds is 3. The summed E-state index contributed by atoms with van der Waals surface area (Å²) in [5.74, 6) is 0. The summed E-state index contributed by atoms with van der Waals surface area (Å²) in [5, 5.41) is 0. The van der Waals surface area contributed by atoms with Crippen molar-refractivity contribution in [3.8, 4) is 0 Å². The second-order valence-electron chi connectivity index (χ2n) is 3.04. The van der Waals surface area contributed by atoms with Crippen molar-refractivity contribution in [3.63, 3.8) is 0 Å². The highest BCUT2D eigenvalue weighted by molar-refractivity contribution is 9.10. The molecule has 0 heterocycles. The molecule has 1 aromatic carbocycles. The molecule has 0 unspecified atom stereocenters. The Balaban J connectivity index is 2.78. The number of hydrogen-bond acceptors (Lipinski definition) is 3. The molecule has 0 saturated heterocycles. The lowest BCUT2D eigenvalue weighted by Gasteiger charge is -2.05. The van der Waals surface area contributed by atoms with Gasteiger partial charge in [0.2, 0.25) is 0 Å². The minimum Gasteiger partial charge on any atom is -0.265 e. The van der Waals surface area contributed by atoms with Gasteiger partial charge >= 0.3 is 0 Å². The Morgan fingerprint density at radius 3 is 2.57 bits per heavy atom. The monoisotopic (exact) mass is 278 g/mol. The second-order valence-corrected chi connectivity index (χ2v) is 5.60. The van der Waals surface area contributed by atoms with Crippen LogP contribution in [0.5, 0.6) is 0 Å². The largest absolute Gasteiger partial charge is 0.265 e. The summed E-state index contributed by atoms with van der Waals surface area (Å²) in [6.45, 7) is 2.00. The van der Waals surface area contributed by atoms with E-state index in [9.17, 15) is 8.42 Å². The quantitative estimate of drug-likeness (QED) is 0.797. The van der Waals surface area contributed by atoms with Crippen LogP contribution in [0, 0.1) is 6.92 Å². The third kappa shape index (κ3) is 3.77. The van der Waals surface area contributed by atoms with Crippen molar-refractivity contribution in [1.82, 2.24) is 0 Å². The van der Waals surface area contributed by atoms with Crippen molar-refractivity contribution in [2.45, 2.75) is 13.5 Å². The molecule has 14 heavy (non-hydrogen) atoms. The van der Waals surface area contributed by atoms with Crippen molar-refractivity contribution >= 4 is 26.0 Å². The summed E-state index contributed by atoms with van der Waals surface area (Å²) >= 11 is 3.33. The van der Waals surface area contributed by atoms with E-state index in [1.54, 1.807) is 0 Å². The van der Waals surface area contributed by atoms with Crippen LogP contribution in [0.4, 0.5) is 0 Å². The van der Waals surface area contributed by atoms with Crippen molar-refractivity contribution in [2.24, 2.45) is 0 Å². The standard InChI is InChI=1S/C9H11BrO3S/c1-7-5-9(10)4-3-8(7)6-13-14(2,11)12/h3-5H,6H2,1-2H3. The highest BCUT2D eigenvalue weighted by Crippen LogP contribution is 2.16. The van der Waals surface area contributed by atoms with Gasteiger partial charge in [-0.2, -0.15) is 8.42 Å². The maximum atomic E-state index is 10.8. The third-order valence-corrected chi connectivity index (χ3v) is 2.77. The average molecular weight is 279 g/mol. The fraction of sp³-hybridized carbons (Fsp3) is 0.333. The van der Waals surface area contributed by atoms with Gasteiger partial charge in [-0.15, -0.1) is 0 Å². The Hall–Kier alpha value is -0.390. The van der Waals surface area contributed by atoms with Crippen LogP contribution in [0.3, 0.4) is 0 Å². The smallest absolute Gasteiger partial charge is 0.264 e. The molecule has 0 aromatic heterocycles. The molecule has 0 aliphatic carbocycles. The molecule has 0 bridgehead atoms. The number of aryl methyl sites for hydroxylation is 1. The van der Waals surface area contributed by atoms with Gasteiger partial charge < -0.3 is 0 Å². The molecular formula is C9H11BrO3S. The van der Waals surface area contributed by atoms with Crippen molar-refractivity contribution in [1.29, 1.82) is 0 Å². The SMILES string of the molecule is Cc1cc(Br)ccc1COS(C)(=O)=O. The summed E-state index contributed by atoms with van der Waals surface area (Å²) in [4.78, 5) is 0. The zero-order valence-electron chi connectivity index (χ0n) is 7.95. The maximum Gasteiger partial charge on any atom is 0.264 e. The molecule has 0 saturated carbocycles. The van der Waals surface area contributed by atoms with Crippen LogP contribution in [0.15, 0.2) is 22.7 Å². The topological polar surface area (TPSA) is 43.4 Å². The van der Waals surface area contributed by atoms with E-state index in [-0.39, 0.29) is 6.61 Å². The lowest BCUT2D eigenvalue weighted by atomic mass is 10.1. The van der Waals surface area contributed by atoms with Gasteiger partial charge in [0.1, 0.15) is 0 Å². The second kappa shape index (κ2) is 4.42. The molecule has 78 valence electrons. The molecule has 3 nitrogen and oxygen atoms in total. The van der Waals surface area contributed by atoms with Crippen LogP contribution in [0.2, 0.25) is 0 Å². The van der Waals surface area contributed by atoms with Crippen molar-refractivity contribution < 1.29 is 12.6 Å². The van der Waals surface area contributed by atoms with Gasteiger partial charge in [-0.3, -0.25) is 4.18 Å². The molecule has 0 spiro atoms. The molecule has 0 N–H and O–H groups in total. The van der Waals surface area contributed by atoms with Crippen LogP contribution in [-0.2, 0) is 20.9 Å². The molecular weight excluding hydrogens is 268 g/mol. The molecule has 0 aliphatic heterocycles. The van der Waals surface area contributed by atoms with Gasteiger partial charge in [-0.1, -0.05) is 22.0 Å². The molecule has 0 radical (unpaired) electrons. The zero-order valence-corrected chi connectivity index (χ0v) is 10.4. The summed E-state index contributed by atoms with van der Waals surface area (Å²) < 4.78 is 27.2. The highest BCUT2D eigenvalue weighted by Gasteiger charge is 2.04. The first-order valence-corrected chi connectivity index (χ1v) is 6.59. The van der Waals surface area contributed by atoms with Crippen LogP contribution < -0.4 is 0 Å². The summed E-state index contributed by atoms with van der Waals surface area (Å²) in [7, 11) is -3.36. The predicted octanol–water partition coefficient (Wildman–Crippen LogP) is 2.23. The molecule has 0 amide bonds. The molecule has 0 fully saturated rings. The number of halogens is 1. The van der Waals surface area contributed by atoms with Gasteiger partial charge in [0.15, 0.2) is 0 Å². The minimum atomic E-state index is -3.36. The fourth-order valence-corrected chi connectivity index (χ4v) is 1.81. The Labute approximate surface area is 92.3 Å². The molecule has 1 rings (SSSR count). The third-order valence-electron chi connectivity index (χ3n) is 1.73. The highest BCUT2D eigenvalue weighted by atomic mass is 79.9. The lowest BCUT2D eigenvalue weighted by Crippen LogP contribution is -2.03. The predicted molar refractivity (Wildman–Crippen MR) is 58.5 cm³/mol. The Morgan fingerprint density at radius 1 is 1.43 bits per heavy atom. The van der Waals surface area contributed by atoms with E-state index in [2.05, 4.69) is 15.9 Å². The van der Waals surface area contributed by atoms with Gasteiger partial charge in [-0.05, 0) is 30.2 Å². The Kier molecular flexibility index (Phi) is 3.69. The normalized spacial score (nSPS) is 11.6. The first-order chi connectivity index (χ1) is 6.38. The van der Waals surface area contributed by atoms with E-state index in [0.29, 0.717) is 0 Å². The first kappa shape index (κ1) is 11.7. The minimum absolute atomic E-state index is 0.0952. The van der Waals surface area contributed by atoms with Crippen LogP contribution in [-0.4, -0.2) is 14.7 Å². The van der Waals surface area contributed by atoms with Gasteiger partial charge in [0.25, 0.3) is 10.1 Å². The van der Waals surface area contributed by atoms with Crippen LogP contribution >= 0.6 is 15.9 Å². The average Bonchev–Trinajstić information content (AvgIpc) is 2.00. The van der Waals surface area contributed by atoms with Gasteiger partial charge in [0, 0.05) is 4.47 Å². The molecule has 5 heteroatoms. The maximum absolute atomic E-state index is 10.8. The van der Waals surface area contributed by atoms with E-state index in [1.807, 2.05) is 25.1 Å². The van der Waals surface area contributed by atoms with E-state index >= 15 is 0 Å². The van der Waals surface area contributed by atoms with Gasteiger partial charge in [0.05, 0.1) is 12.9 Å². The summed E-state index contributed by atoms with van der Waals surface area (Å²) in [6.07, 6.45) is 1.04. The van der Waals surface area contributed by atoms with E-state index in [1.165, 1.54) is 0 Å². The first-order valence-electron chi connectivity index (χ1n) is 3.98. The van der Waals surface area contributed by atoms with Crippen molar-refractivity contribution in [3.05, 3.63) is 33.8 Å². The Bertz CT molecular complexity index is 426. The summed E-state index contributed by atoms with van der Waals surface area (Å²) in [5.41, 5.74) is 1.88. The zero-order chi connectivity index (χ0) is 10.8. The van der Waals surface area contributed by atoms with Gasteiger partial charge in [-0.25, -0.2) is 0 Å². The molecule has 1 aromatic rings. The van der Waals surface area contributed by atoms with E-state index in [4.69, 9.17) is 4.18 Å².